The largest absolute Gasteiger partial charge is 0.411 e. The first-order valence-electron chi connectivity index (χ1n) is 5.41. The number of aromatic amines is 1. The molecule has 0 aliphatic carbocycles. The second kappa shape index (κ2) is 5.51. The first-order chi connectivity index (χ1) is 9.26. The van der Waals surface area contributed by atoms with Gasteiger partial charge in [0.15, 0.2) is 0 Å². The smallest absolute Gasteiger partial charge is 0.268 e. The number of pyridine rings is 1. The summed E-state index contributed by atoms with van der Waals surface area (Å²) >= 11 is 0. The van der Waals surface area contributed by atoms with Gasteiger partial charge in [-0.3, -0.25) is 4.79 Å². The number of nitrogens with one attached hydrogen (secondary N) is 2. The summed E-state index contributed by atoms with van der Waals surface area (Å²) in [5.41, 5.74) is 0.854. The highest BCUT2D eigenvalue weighted by atomic mass is 16.4. The topological polar surface area (TPSA) is 101 Å². The molecule has 0 spiro atoms. The molecule has 1 heterocycles. The van der Waals surface area contributed by atoms with Gasteiger partial charge >= 0.3 is 0 Å². The number of rotatable bonds is 3. The summed E-state index contributed by atoms with van der Waals surface area (Å²) in [6.45, 7) is 0. The third-order valence-corrected chi connectivity index (χ3v) is 2.48. The maximum atomic E-state index is 11.6. The third kappa shape index (κ3) is 2.61. The van der Waals surface area contributed by atoms with E-state index in [1.165, 1.54) is 6.20 Å². The summed E-state index contributed by atoms with van der Waals surface area (Å²) < 4.78 is 0. The monoisotopic (exact) mass is 254 g/mol. The van der Waals surface area contributed by atoms with Crippen LogP contribution in [0.25, 0.3) is 0 Å². The molecule has 0 saturated heterocycles. The lowest BCUT2D eigenvalue weighted by Gasteiger charge is -2.10. The predicted molar refractivity (Wildman–Crippen MR) is 70.9 cm³/mol. The molecule has 0 radical (unpaired) electrons. The quantitative estimate of drug-likeness (QED) is 0.441. The average Bonchev–Trinajstić information content (AvgIpc) is 2.43. The molecule has 19 heavy (non-hydrogen) atoms. The van der Waals surface area contributed by atoms with Crippen LogP contribution in [0, 0.1) is 11.3 Å². The van der Waals surface area contributed by atoms with Crippen LogP contribution in [-0.4, -0.2) is 16.4 Å². The molecule has 0 bridgehead atoms. The number of hydrogen-bond donors (Lipinski definition) is 3. The van der Waals surface area contributed by atoms with Crippen LogP contribution in [0.2, 0.25) is 0 Å². The molecular weight excluding hydrogens is 244 g/mol. The zero-order valence-electron chi connectivity index (χ0n) is 9.79. The first-order valence-corrected chi connectivity index (χ1v) is 5.41. The Hall–Kier alpha value is -3.07. The normalized spacial score (nSPS) is 10.3. The minimum absolute atomic E-state index is 0.0683. The van der Waals surface area contributed by atoms with E-state index in [-0.39, 0.29) is 5.56 Å². The Bertz CT molecular complexity index is 699. The van der Waals surface area contributed by atoms with Gasteiger partial charge in [0.1, 0.15) is 11.6 Å². The third-order valence-electron chi connectivity index (χ3n) is 2.48. The maximum Gasteiger partial charge on any atom is 0.268 e. The number of aromatic nitrogens is 1. The molecule has 0 unspecified atom stereocenters. The Morgan fingerprint density at radius 3 is 2.74 bits per heavy atom. The van der Waals surface area contributed by atoms with Crippen LogP contribution in [-0.2, 0) is 0 Å². The predicted octanol–water partition coefficient (Wildman–Crippen LogP) is 1.80. The van der Waals surface area contributed by atoms with E-state index < -0.39 is 5.56 Å². The van der Waals surface area contributed by atoms with Crippen LogP contribution in [0.1, 0.15) is 11.1 Å². The molecule has 0 amide bonds. The number of oxime groups is 1. The van der Waals surface area contributed by atoms with Crippen molar-refractivity contribution in [2.75, 3.05) is 5.32 Å². The first kappa shape index (κ1) is 12.4. The fourth-order valence-corrected chi connectivity index (χ4v) is 1.62. The van der Waals surface area contributed by atoms with Gasteiger partial charge in [-0.25, -0.2) is 0 Å². The van der Waals surface area contributed by atoms with Gasteiger partial charge in [0.05, 0.1) is 11.9 Å². The molecule has 0 fully saturated rings. The van der Waals surface area contributed by atoms with Gasteiger partial charge in [-0.15, -0.1) is 0 Å². The second-order valence-corrected chi connectivity index (χ2v) is 3.67. The van der Waals surface area contributed by atoms with Crippen LogP contribution in [0.3, 0.4) is 0 Å². The Morgan fingerprint density at radius 2 is 2.11 bits per heavy atom. The van der Waals surface area contributed by atoms with Crippen molar-refractivity contribution < 1.29 is 5.21 Å². The summed E-state index contributed by atoms with van der Waals surface area (Å²) in [6, 6.07) is 10.9. The lowest BCUT2D eigenvalue weighted by atomic mass is 10.1. The van der Waals surface area contributed by atoms with Crippen LogP contribution in [0.4, 0.5) is 11.4 Å². The molecule has 0 aliphatic rings. The lowest BCUT2D eigenvalue weighted by molar-refractivity contribution is 0.322. The lowest BCUT2D eigenvalue weighted by Crippen LogP contribution is -2.14. The Balaban J connectivity index is 2.56. The van der Waals surface area contributed by atoms with Crippen LogP contribution >= 0.6 is 0 Å². The summed E-state index contributed by atoms with van der Waals surface area (Å²) in [6.07, 6.45) is 2.51. The number of nitriles is 1. The standard InChI is InChI=1S/C13H10N4O2/c14-6-11-12(17-10-4-2-1-3-5-10)9(8-16-19)7-15-13(11)18/h1-5,7-8,19H,(H2,15,17,18). The average molecular weight is 254 g/mol. The van der Waals surface area contributed by atoms with Crippen molar-refractivity contribution in [2.45, 2.75) is 0 Å². The second-order valence-electron chi connectivity index (χ2n) is 3.67. The van der Waals surface area contributed by atoms with Gasteiger partial charge in [0.25, 0.3) is 5.56 Å². The summed E-state index contributed by atoms with van der Waals surface area (Å²) in [5.74, 6) is 0. The van der Waals surface area contributed by atoms with E-state index in [4.69, 9.17) is 10.5 Å². The van der Waals surface area contributed by atoms with Crippen molar-refractivity contribution >= 4 is 17.6 Å². The number of hydrogen-bond acceptors (Lipinski definition) is 5. The molecular formula is C13H10N4O2. The summed E-state index contributed by atoms with van der Waals surface area (Å²) in [4.78, 5) is 14.0. The number of benzene rings is 1. The van der Waals surface area contributed by atoms with Gasteiger partial charge in [0, 0.05) is 17.4 Å². The summed E-state index contributed by atoms with van der Waals surface area (Å²) in [5, 5.41) is 23.6. The molecule has 0 aliphatic heterocycles. The zero-order chi connectivity index (χ0) is 13.7. The van der Waals surface area contributed by atoms with E-state index in [0.717, 1.165) is 11.9 Å². The van der Waals surface area contributed by atoms with Crippen molar-refractivity contribution in [3.63, 3.8) is 0 Å². The Kier molecular flexibility index (Phi) is 3.59. The number of anilines is 2. The van der Waals surface area contributed by atoms with E-state index in [1.807, 2.05) is 24.3 Å². The van der Waals surface area contributed by atoms with E-state index >= 15 is 0 Å². The fourth-order valence-electron chi connectivity index (χ4n) is 1.62. The van der Waals surface area contributed by atoms with Gasteiger partial charge in [-0.05, 0) is 12.1 Å². The molecule has 0 saturated carbocycles. The fraction of sp³-hybridized carbons (Fsp3) is 0. The highest BCUT2D eigenvalue weighted by molar-refractivity contribution is 5.90. The van der Waals surface area contributed by atoms with Crippen molar-refractivity contribution in [3.05, 3.63) is 58.0 Å². The molecule has 2 aromatic rings. The van der Waals surface area contributed by atoms with E-state index in [2.05, 4.69) is 15.5 Å². The minimum Gasteiger partial charge on any atom is -0.411 e. The maximum absolute atomic E-state index is 11.6. The molecule has 1 aromatic carbocycles. The van der Waals surface area contributed by atoms with Crippen LogP contribution in [0.15, 0.2) is 46.5 Å². The van der Waals surface area contributed by atoms with E-state index in [0.29, 0.717) is 11.3 Å². The Labute approximate surface area is 108 Å². The molecule has 6 heteroatoms. The number of nitrogens with zero attached hydrogens (tertiary/aromatic N) is 2. The highest BCUT2D eigenvalue weighted by Gasteiger charge is 2.11. The van der Waals surface area contributed by atoms with Crippen molar-refractivity contribution in [1.82, 2.24) is 4.98 Å². The highest BCUT2D eigenvalue weighted by Crippen LogP contribution is 2.20. The molecule has 2 rings (SSSR count). The van der Waals surface area contributed by atoms with Gasteiger partial charge < -0.3 is 15.5 Å². The van der Waals surface area contributed by atoms with Gasteiger partial charge in [0.2, 0.25) is 0 Å². The molecule has 94 valence electrons. The summed E-state index contributed by atoms with van der Waals surface area (Å²) in [7, 11) is 0. The van der Waals surface area contributed by atoms with Crippen molar-refractivity contribution in [2.24, 2.45) is 5.16 Å². The minimum atomic E-state index is -0.504. The van der Waals surface area contributed by atoms with E-state index in [1.54, 1.807) is 12.1 Å². The molecule has 0 atom stereocenters. The van der Waals surface area contributed by atoms with Crippen molar-refractivity contribution in [3.8, 4) is 6.07 Å². The van der Waals surface area contributed by atoms with Crippen molar-refractivity contribution in [1.29, 1.82) is 5.26 Å². The number of para-hydroxylation sites is 1. The number of H-pyrrole nitrogens is 1. The van der Waals surface area contributed by atoms with Gasteiger partial charge in [-0.2, -0.15) is 5.26 Å². The Morgan fingerprint density at radius 1 is 1.37 bits per heavy atom. The van der Waals surface area contributed by atoms with Crippen LogP contribution in [0.5, 0.6) is 0 Å². The van der Waals surface area contributed by atoms with Crippen LogP contribution < -0.4 is 10.9 Å². The van der Waals surface area contributed by atoms with E-state index in [9.17, 15) is 4.79 Å². The van der Waals surface area contributed by atoms with Gasteiger partial charge in [-0.1, -0.05) is 23.4 Å². The SMILES string of the molecule is N#Cc1c(Nc2ccccc2)c(C=NO)c[nH]c1=O. The molecule has 3 N–H and O–H groups in total. The molecule has 1 aromatic heterocycles. The molecule has 6 nitrogen and oxygen atoms in total. The zero-order valence-corrected chi connectivity index (χ0v) is 9.79.